The molecule has 0 aliphatic heterocycles. The number of nitrogens with one attached hydrogen (secondary N) is 1. The lowest BCUT2D eigenvalue weighted by Crippen LogP contribution is -2.46. The van der Waals surface area contributed by atoms with Gasteiger partial charge in [0.2, 0.25) is 10.0 Å². The molecular formula is C12H18ClN3O4S. The van der Waals surface area contributed by atoms with Crippen LogP contribution in [-0.4, -0.2) is 29.0 Å². The van der Waals surface area contributed by atoms with Crippen LogP contribution in [0.15, 0.2) is 20.7 Å². The highest BCUT2D eigenvalue weighted by molar-refractivity contribution is 7.89. The average molecular weight is 336 g/mol. The van der Waals surface area contributed by atoms with Crippen LogP contribution in [0.4, 0.5) is 0 Å². The SMILES string of the molecule is Cn1cc(S(=O)(=O)NC2CCCCC2Cl)c(=O)n(C)c1=O. The molecule has 0 bridgehead atoms. The summed E-state index contributed by atoms with van der Waals surface area (Å²) in [4.78, 5) is 23.2. The molecule has 1 aliphatic rings. The summed E-state index contributed by atoms with van der Waals surface area (Å²) in [7, 11) is -1.37. The van der Waals surface area contributed by atoms with Crippen LogP contribution in [0.5, 0.6) is 0 Å². The maximum atomic E-state index is 12.4. The molecule has 0 amide bonds. The topological polar surface area (TPSA) is 90.2 Å². The highest BCUT2D eigenvalue weighted by Gasteiger charge is 2.30. The predicted octanol–water partition coefficient (Wildman–Crippen LogP) is -0.0877. The maximum absolute atomic E-state index is 12.4. The van der Waals surface area contributed by atoms with Gasteiger partial charge in [0.15, 0.2) is 4.90 Å². The van der Waals surface area contributed by atoms with Crippen molar-refractivity contribution in [2.45, 2.75) is 42.0 Å². The first-order chi connectivity index (χ1) is 9.74. The Bertz CT molecular complexity index is 753. The van der Waals surface area contributed by atoms with E-state index in [4.69, 9.17) is 11.6 Å². The molecule has 1 N–H and O–H groups in total. The second-order valence-electron chi connectivity index (χ2n) is 5.28. The molecular weight excluding hydrogens is 318 g/mol. The molecule has 1 heterocycles. The Kier molecular flexibility index (Phi) is 4.60. The van der Waals surface area contributed by atoms with E-state index >= 15 is 0 Å². The molecule has 2 rings (SSSR count). The van der Waals surface area contributed by atoms with E-state index in [1.165, 1.54) is 14.1 Å². The van der Waals surface area contributed by atoms with Crippen LogP contribution < -0.4 is 16.0 Å². The number of rotatable bonds is 3. The Morgan fingerprint density at radius 1 is 1.24 bits per heavy atom. The van der Waals surface area contributed by atoms with Crippen LogP contribution in [0.25, 0.3) is 0 Å². The average Bonchev–Trinajstić information content (AvgIpc) is 2.42. The van der Waals surface area contributed by atoms with Gasteiger partial charge in [0.05, 0.1) is 0 Å². The third-order valence-electron chi connectivity index (χ3n) is 3.69. The zero-order valence-electron chi connectivity index (χ0n) is 11.9. The molecule has 2 unspecified atom stereocenters. The molecule has 21 heavy (non-hydrogen) atoms. The third kappa shape index (κ3) is 3.22. The summed E-state index contributed by atoms with van der Waals surface area (Å²) in [6.45, 7) is 0. The first-order valence-corrected chi connectivity index (χ1v) is 8.59. The smallest absolute Gasteiger partial charge is 0.302 e. The summed E-state index contributed by atoms with van der Waals surface area (Å²) < 4.78 is 29.1. The molecule has 1 saturated carbocycles. The van der Waals surface area contributed by atoms with Crippen molar-refractivity contribution in [2.24, 2.45) is 14.1 Å². The Morgan fingerprint density at radius 3 is 2.48 bits per heavy atom. The Hall–Kier alpha value is -1.12. The fraction of sp³-hybridized carbons (Fsp3) is 0.667. The van der Waals surface area contributed by atoms with Crippen LogP contribution in [-0.2, 0) is 24.1 Å². The van der Waals surface area contributed by atoms with Crippen LogP contribution >= 0.6 is 11.6 Å². The van der Waals surface area contributed by atoms with E-state index in [0.717, 1.165) is 34.6 Å². The molecule has 0 spiro atoms. The zero-order chi connectivity index (χ0) is 15.8. The standard InChI is InChI=1S/C12H18ClN3O4S/c1-15-7-10(11(17)16(2)12(15)18)21(19,20)14-9-6-4-3-5-8(9)13/h7-9,14H,3-6H2,1-2H3. The van der Waals surface area contributed by atoms with Crippen LogP contribution in [0.1, 0.15) is 25.7 Å². The minimum Gasteiger partial charge on any atom is -0.302 e. The van der Waals surface area contributed by atoms with Crippen molar-refractivity contribution in [1.29, 1.82) is 0 Å². The summed E-state index contributed by atoms with van der Waals surface area (Å²) in [6.07, 6.45) is 4.27. The fourth-order valence-electron chi connectivity index (χ4n) is 2.44. The van der Waals surface area contributed by atoms with E-state index in [0.29, 0.717) is 6.42 Å². The fourth-order valence-corrected chi connectivity index (χ4v) is 4.33. The molecule has 0 radical (unpaired) electrons. The second-order valence-corrected chi connectivity index (χ2v) is 7.52. The minimum absolute atomic E-state index is 0.287. The molecule has 0 aromatic carbocycles. The molecule has 7 nitrogen and oxygen atoms in total. The van der Waals surface area contributed by atoms with Crippen molar-refractivity contribution in [2.75, 3.05) is 0 Å². The van der Waals surface area contributed by atoms with Crippen molar-refractivity contribution in [3.63, 3.8) is 0 Å². The summed E-state index contributed by atoms with van der Waals surface area (Å²) in [5, 5.41) is -0.287. The first-order valence-electron chi connectivity index (χ1n) is 6.67. The Morgan fingerprint density at radius 2 is 1.86 bits per heavy atom. The van der Waals surface area contributed by atoms with Crippen molar-refractivity contribution in [3.05, 3.63) is 27.0 Å². The molecule has 1 fully saturated rings. The number of sulfonamides is 1. The second kappa shape index (κ2) is 5.94. The van der Waals surface area contributed by atoms with Gasteiger partial charge >= 0.3 is 5.69 Å². The van der Waals surface area contributed by atoms with E-state index < -0.39 is 32.2 Å². The maximum Gasteiger partial charge on any atom is 0.330 e. The van der Waals surface area contributed by atoms with E-state index in [1.54, 1.807) is 0 Å². The molecule has 9 heteroatoms. The van der Waals surface area contributed by atoms with Crippen molar-refractivity contribution < 1.29 is 8.42 Å². The summed E-state index contributed by atoms with van der Waals surface area (Å²) in [5.74, 6) is 0. The summed E-state index contributed by atoms with van der Waals surface area (Å²) >= 11 is 6.14. The lowest BCUT2D eigenvalue weighted by atomic mass is 9.96. The Balaban J connectivity index is 2.41. The molecule has 2 atom stereocenters. The van der Waals surface area contributed by atoms with Gasteiger partial charge in [0, 0.05) is 31.7 Å². The first kappa shape index (κ1) is 16.3. The van der Waals surface area contributed by atoms with E-state index in [2.05, 4.69) is 4.72 Å². The number of hydrogen-bond donors (Lipinski definition) is 1. The van der Waals surface area contributed by atoms with E-state index in [1.807, 2.05) is 0 Å². The minimum atomic E-state index is -4.01. The molecule has 1 aromatic heterocycles. The van der Waals surface area contributed by atoms with Crippen molar-refractivity contribution >= 4 is 21.6 Å². The van der Waals surface area contributed by atoms with Gasteiger partial charge < -0.3 is 4.57 Å². The highest BCUT2D eigenvalue weighted by Crippen LogP contribution is 2.24. The highest BCUT2D eigenvalue weighted by atomic mass is 35.5. The number of halogens is 1. The summed E-state index contributed by atoms with van der Waals surface area (Å²) in [6, 6.07) is -0.396. The molecule has 1 aromatic rings. The number of nitrogens with zero attached hydrogens (tertiary/aromatic N) is 2. The van der Waals surface area contributed by atoms with E-state index in [9.17, 15) is 18.0 Å². The number of aromatic nitrogens is 2. The lowest BCUT2D eigenvalue weighted by Gasteiger charge is -2.27. The van der Waals surface area contributed by atoms with Crippen LogP contribution in [0, 0.1) is 0 Å². The molecule has 1 aliphatic carbocycles. The van der Waals surface area contributed by atoms with Gasteiger partial charge in [-0.2, -0.15) is 0 Å². The Labute approximate surface area is 127 Å². The number of aryl methyl sites for hydroxylation is 1. The quantitative estimate of drug-likeness (QED) is 0.782. The number of alkyl halides is 1. The lowest BCUT2D eigenvalue weighted by molar-refractivity contribution is 0.417. The van der Waals surface area contributed by atoms with Gasteiger partial charge in [0.1, 0.15) is 0 Å². The van der Waals surface area contributed by atoms with Gasteiger partial charge in [-0.3, -0.25) is 9.36 Å². The van der Waals surface area contributed by atoms with E-state index in [-0.39, 0.29) is 5.38 Å². The van der Waals surface area contributed by atoms with Crippen molar-refractivity contribution in [1.82, 2.24) is 13.9 Å². The summed E-state index contributed by atoms with van der Waals surface area (Å²) in [5.41, 5.74) is -1.42. The van der Waals surface area contributed by atoms with Crippen LogP contribution in [0.3, 0.4) is 0 Å². The van der Waals surface area contributed by atoms with Gasteiger partial charge in [-0.05, 0) is 12.8 Å². The normalized spacial score (nSPS) is 23.2. The van der Waals surface area contributed by atoms with Gasteiger partial charge in [-0.25, -0.2) is 17.9 Å². The molecule has 118 valence electrons. The largest absolute Gasteiger partial charge is 0.330 e. The predicted molar refractivity (Wildman–Crippen MR) is 79.1 cm³/mol. The van der Waals surface area contributed by atoms with Gasteiger partial charge in [-0.15, -0.1) is 11.6 Å². The van der Waals surface area contributed by atoms with Gasteiger partial charge in [-0.1, -0.05) is 12.8 Å². The third-order valence-corrected chi connectivity index (χ3v) is 5.69. The number of hydrogen-bond acceptors (Lipinski definition) is 4. The van der Waals surface area contributed by atoms with Crippen LogP contribution in [0.2, 0.25) is 0 Å². The monoisotopic (exact) mass is 335 g/mol. The molecule has 0 saturated heterocycles. The van der Waals surface area contributed by atoms with Crippen molar-refractivity contribution in [3.8, 4) is 0 Å². The van der Waals surface area contributed by atoms with Gasteiger partial charge in [0.25, 0.3) is 5.56 Å². The zero-order valence-corrected chi connectivity index (χ0v) is 13.4.